The average molecular weight is 448 g/mol. The van der Waals surface area contributed by atoms with Gasteiger partial charge in [-0.05, 0) is 38.1 Å². The summed E-state index contributed by atoms with van der Waals surface area (Å²) in [7, 11) is 0.740. The van der Waals surface area contributed by atoms with Gasteiger partial charge in [-0.1, -0.05) is 17.7 Å². The van der Waals surface area contributed by atoms with Crippen LogP contribution in [0.15, 0.2) is 45.7 Å². The van der Waals surface area contributed by atoms with Gasteiger partial charge in [-0.25, -0.2) is 4.98 Å². The van der Waals surface area contributed by atoms with Crippen molar-refractivity contribution in [3.05, 3.63) is 53.4 Å². The molecule has 0 amide bonds. The molecular weight excluding hydrogens is 422 g/mol. The summed E-state index contributed by atoms with van der Waals surface area (Å²) in [5, 5.41) is 0. The highest BCUT2D eigenvalue weighted by Gasteiger charge is 2.19. The molecule has 3 rings (SSSR count). The van der Waals surface area contributed by atoms with E-state index in [1.54, 1.807) is 31.2 Å². The summed E-state index contributed by atoms with van der Waals surface area (Å²) < 4.78 is 51.8. The van der Waals surface area contributed by atoms with Crippen molar-refractivity contribution in [1.29, 1.82) is 0 Å². The molecule has 0 aliphatic carbocycles. The summed E-state index contributed by atoms with van der Waals surface area (Å²) in [6.07, 6.45) is 0.244. The fraction of sp³-hybridized carbons (Fsp3) is 0.318. The van der Waals surface area contributed by atoms with Gasteiger partial charge in [-0.15, -0.1) is 0 Å². The summed E-state index contributed by atoms with van der Waals surface area (Å²) in [5.74, 6) is 2.30. The number of hydrogen-bond acceptors (Lipinski definition) is 8. The molecule has 0 spiro atoms. The Morgan fingerprint density at radius 3 is 2.10 bits per heavy atom. The van der Waals surface area contributed by atoms with Gasteiger partial charge in [0.15, 0.2) is 11.5 Å². The Labute approximate surface area is 181 Å². The van der Waals surface area contributed by atoms with E-state index in [0.29, 0.717) is 40.2 Å². The lowest BCUT2D eigenvalue weighted by Gasteiger charge is -2.12. The smallest absolute Gasteiger partial charge is 0.296 e. The molecule has 0 fully saturated rings. The minimum atomic E-state index is -3.84. The first-order chi connectivity index (χ1) is 14.8. The topological polar surface area (TPSA) is 97.1 Å². The molecule has 0 radical (unpaired) electrons. The maximum Gasteiger partial charge on any atom is 0.296 e. The largest absolute Gasteiger partial charge is 0.493 e. The number of aromatic nitrogens is 1. The lowest BCUT2D eigenvalue weighted by molar-refractivity contribution is 0.311. The van der Waals surface area contributed by atoms with Gasteiger partial charge >= 0.3 is 0 Å². The van der Waals surface area contributed by atoms with E-state index in [0.717, 1.165) is 5.56 Å². The molecule has 8 nitrogen and oxygen atoms in total. The summed E-state index contributed by atoms with van der Waals surface area (Å²) in [6, 6.07) is 9.95. The van der Waals surface area contributed by atoms with Crippen molar-refractivity contribution in [3.63, 3.8) is 0 Å². The molecule has 0 saturated carbocycles. The quantitative estimate of drug-likeness (QED) is 0.455. The van der Waals surface area contributed by atoms with Gasteiger partial charge in [0, 0.05) is 12.0 Å². The Balaban J connectivity index is 1.76. The van der Waals surface area contributed by atoms with E-state index in [9.17, 15) is 8.42 Å². The fourth-order valence-electron chi connectivity index (χ4n) is 3.01. The Morgan fingerprint density at radius 2 is 1.55 bits per heavy atom. The molecule has 0 atom stereocenters. The number of hydrogen-bond donors (Lipinski definition) is 0. The van der Waals surface area contributed by atoms with E-state index < -0.39 is 10.1 Å². The molecule has 0 saturated heterocycles. The van der Waals surface area contributed by atoms with Gasteiger partial charge in [0.05, 0.1) is 38.5 Å². The number of methoxy groups -OCH3 is 3. The lowest BCUT2D eigenvalue weighted by Crippen LogP contribution is -2.09. The molecule has 0 unspecified atom stereocenters. The average Bonchev–Trinajstić information content (AvgIpc) is 3.13. The van der Waals surface area contributed by atoms with Gasteiger partial charge < -0.3 is 18.6 Å². The second-order valence-corrected chi connectivity index (χ2v) is 8.40. The molecule has 1 aromatic heterocycles. The molecule has 9 heteroatoms. The lowest BCUT2D eigenvalue weighted by atomic mass is 10.2. The van der Waals surface area contributed by atoms with Crippen LogP contribution in [0.3, 0.4) is 0 Å². The first kappa shape index (κ1) is 22.6. The molecular formula is C22H25NO7S. The van der Waals surface area contributed by atoms with Crippen molar-refractivity contribution < 1.29 is 31.2 Å². The summed E-state index contributed by atoms with van der Waals surface area (Å²) in [4.78, 5) is 4.56. The Hall–Kier alpha value is -3.04. The highest BCUT2D eigenvalue weighted by molar-refractivity contribution is 7.86. The molecule has 0 N–H and O–H groups in total. The molecule has 31 heavy (non-hydrogen) atoms. The second-order valence-electron chi connectivity index (χ2n) is 6.78. The summed E-state index contributed by atoms with van der Waals surface area (Å²) in [5.41, 5.74) is 2.24. The molecule has 166 valence electrons. The third-order valence-electron chi connectivity index (χ3n) is 4.68. The zero-order chi connectivity index (χ0) is 22.6. The van der Waals surface area contributed by atoms with E-state index in [-0.39, 0.29) is 17.9 Å². The van der Waals surface area contributed by atoms with Crippen molar-refractivity contribution >= 4 is 10.1 Å². The monoisotopic (exact) mass is 447 g/mol. The third kappa shape index (κ3) is 5.00. The van der Waals surface area contributed by atoms with Crippen molar-refractivity contribution in [3.8, 4) is 28.7 Å². The maximum absolute atomic E-state index is 12.3. The highest BCUT2D eigenvalue weighted by atomic mass is 32.2. The minimum Gasteiger partial charge on any atom is -0.493 e. The number of aryl methyl sites for hydroxylation is 2. The Kier molecular flexibility index (Phi) is 6.87. The second kappa shape index (κ2) is 9.40. The van der Waals surface area contributed by atoms with Crippen LogP contribution in [0, 0.1) is 13.8 Å². The van der Waals surface area contributed by atoms with Crippen molar-refractivity contribution in [2.24, 2.45) is 0 Å². The van der Waals surface area contributed by atoms with Crippen LogP contribution in [0.2, 0.25) is 0 Å². The standard InChI is InChI=1S/C22H25NO7S/c1-14-6-8-17(9-7-14)31(24,25)29-11-10-18-15(2)23-22(30-18)16-12-19(26-3)21(28-5)20(13-16)27-4/h6-9,12-13H,10-11H2,1-5H3. The van der Waals surface area contributed by atoms with Crippen LogP contribution >= 0.6 is 0 Å². The van der Waals surface area contributed by atoms with Crippen LogP contribution in [0.4, 0.5) is 0 Å². The van der Waals surface area contributed by atoms with Crippen LogP contribution in [-0.2, 0) is 20.7 Å². The fourth-order valence-corrected chi connectivity index (χ4v) is 3.91. The SMILES string of the molecule is COc1cc(-c2nc(C)c(CCOS(=O)(=O)c3ccc(C)cc3)o2)cc(OC)c1OC. The maximum atomic E-state index is 12.3. The molecule has 0 bridgehead atoms. The number of ether oxygens (including phenoxy) is 3. The van der Waals surface area contributed by atoms with E-state index in [4.69, 9.17) is 22.8 Å². The van der Waals surface area contributed by atoms with Gasteiger partial charge in [-0.3, -0.25) is 4.18 Å². The third-order valence-corrected chi connectivity index (χ3v) is 6.01. The van der Waals surface area contributed by atoms with Gasteiger partial charge in [0.25, 0.3) is 10.1 Å². The van der Waals surface area contributed by atoms with Crippen LogP contribution < -0.4 is 14.2 Å². The Bertz CT molecular complexity index is 1130. The van der Waals surface area contributed by atoms with E-state index in [1.807, 2.05) is 6.92 Å². The van der Waals surface area contributed by atoms with Gasteiger partial charge in [-0.2, -0.15) is 8.42 Å². The summed E-state index contributed by atoms with van der Waals surface area (Å²) in [6.45, 7) is 3.60. The minimum absolute atomic E-state index is 0.0685. The molecule has 0 aliphatic rings. The van der Waals surface area contributed by atoms with Crippen LogP contribution in [-0.4, -0.2) is 41.3 Å². The number of benzene rings is 2. The van der Waals surface area contributed by atoms with Gasteiger partial charge in [0.1, 0.15) is 5.76 Å². The van der Waals surface area contributed by atoms with E-state index >= 15 is 0 Å². The summed E-state index contributed by atoms with van der Waals surface area (Å²) >= 11 is 0. The molecule has 2 aromatic carbocycles. The zero-order valence-electron chi connectivity index (χ0n) is 18.1. The molecule has 0 aliphatic heterocycles. The van der Waals surface area contributed by atoms with E-state index in [2.05, 4.69) is 4.98 Å². The predicted molar refractivity (Wildman–Crippen MR) is 114 cm³/mol. The number of oxazole rings is 1. The first-order valence-electron chi connectivity index (χ1n) is 9.51. The van der Waals surface area contributed by atoms with Crippen LogP contribution in [0.1, 0.15) is 17.0 Å². The Morgan fingerprint density at radius 1 is 0.935 bits per heavy atom. The highest BCUT2D eigenvalue weighted by Crippen LogP contribution is 2.41. The normalized spacial score (nSPS) is 11.4. The number of rotatable bonds is 9. The van der Waals surface area contributed by atoms with E-state index in [1.165, 1.54) is 33.5 Å². The predicted octanol–water partition coefficient (Wildman–Crippen LogP) is 3.93. The molecule has 3 aromatic rings. The number of nitrogens with zero attached hydrogens (tertiary/aromatic N) is 1. The zero-order valence-corrected chi connectivity index (χ0v) is 18.9. The van der Waals surface area contributed by atoms with Crippen molar-refractivity contribution in [2.45, 2.75) is 25.2 Å². The molecule has 1 heterocycles. The first-order valence-corrected chi connectivity index (χ1v) is 10.9. The van der Waals surface area contributed by atoms with Crippen molar-refractivity contribution in [1.82, 2.24) is 4.98 Å². The van der Waals surface area contributed by atoms with Crippen LogP contribution in [0.5, 0.6) is 17.2 Å². The van der Waals surface area contributed by atoms with Crippen molar-refractivity contribution in [2.75, 3.05) is 27.9 Å². The van der Waals surface area contributed by atoms with Crippen LogP contribution in [0.25, 0.3) is 11.5 Å². The van der Waals surface area contributed by atoms with Gasteiger partial charge in [0.2, 0.25) is 11.6 Å².